The van der Waals surface area contributed by atoms with Crippen LogP contribution in [0, 0.1) is 15.2 Å². The number of aliphatic hydroxyl groups excluding tert-OH is 2. The van der Waals surface area contributed by atoms with Gasteiger partial charge >= 0.3 is 0 Å². The van der Waals surface area contributed by atoms with Gasteiger partial charge in [0, 0.05) is 3.57 Å². The van der Waals surface area contributed by atoms with Crippen LogP contribution in [-0.2, 0) is 4.84 Å². The van der Waals surface area contributed by atoms with Gasteiger partial charge in [0.05, 0.1) is 23.5 Å². The van der Waals surface area contributed by atoms with Crippen LogP contribution in [-0.4, -0.2) is 35.4 Å². The largest absolute Gasteiger partial charge is 0.394 e. The van der Waals surface area contributed by atoms with E-state index in [4.69, 9.17) is 15.1 Å². The molecule has 25 heavy (non-hydrogen) atoms. The molecule has 1 amide bonds. The molecule has 0 spiro atoms. The molecule has 0 aliphatic rings. The van der Waals surface area contributed by atoms with Gasteiger partial charge in [-0.05, 0) is 59.0 Å². The van der Waals surface area contributed by atoms with Crippen LogP contribution in [0.2, 0.25) is 0 Å². The molecule has 4 N–H and O–H groups in total. The first-order valence-electron chi connectivity index (χ1n) is 7.13. The molecule has 0 saturated heterocycles. The van der Waals surface area contributed by atoms with E-state index in [1.54, 1.807) is 6.07 Å². The summed E-state index contributed by atoms with van der Waals surface area (Å²) in [6, 6.07) is 7.76. The lowest BCUT2D eigenvalue weighted by atomic mass is 10.1. The van der Waals surface area contributed by atoms with E-state index in [0.29, 0.717) is 3.57 Å². The van der Waals surface area contributed by atoms with Crippen molar-refractivity contribution in [3.8, 4) is 0 Å². The maximum Gasteiger partial charge on any atom is 0.276 e. The number of nitrogens with one attached hydrogen (secondary N) is 2. The van der Waals surface area contributed by atoms with Crippen molar-refractivity contribution in [3.63, 3.8) is 0 Å². The lowest BCUT2D eigenvalue weighted by Gasteiger charge is -2.14. The molecule has 134 valence electrons. The van der Waals surface area contributed by atoms with Crippen LogP contribution in [0.1, 0.15) is 10.4 Å². The zero-order chi connectivity index (χ0) is 18.4. The van der Waals surface area contributed by atoms with E-state index < -0.39 is 30.3 Å². The van der Waals surface area contributed by atoms with Gasteiger partial charge in [0.1, 0.15) is 24.3 Å². The van der Waals surface area contributed by atoms with Crippen molar-refractivity contribution in [1.29, 1.82) is 0 Å². The average Bonchev–Trinajstić information content (AvgIpc) is 2.57. The van der Waals surface area contributed by atoms with Gasteiger partial charge in [0.15, 0.2) is 0 Å². The molecule has 0 heterocycles. The van der Waals surface area contributed by atoms with Gasteiger partial charge in [-0.3, -0.25) is 9.63 Å². The number of benzene rings is 2. The molecule has 2 aromatic rings. The first kappa shape index (κ1) is 19.5. The minimum absolute atomic E-state index is 0.0119. The molecule has 0 aromatic heterocycles. The highest BCUT2D eigenvalue weighted by molar-refractivity contribution is 14.1. The fourth-order valence-corrected chi connectivity index (χ4v) is 2.32. The van der Waals surface area contributed by atoms with E-state index in [2.05, 4.69) is 10.8 Å². The van der Waals surface area contributed by atoms with Crippen molar-refractivity contribution in [2.75, 3.05) is 18.5 Å². The number of halogens is 3. The van der Waals surface area contributed by atoms with Crippen LogP contribution in [0.15, 0.2) is 36.4 Å². The summed E-state index contributed by atoms with van der Waals surface area (Å²) in [7, 11) is 0. The molecule has 0 aliphatic heterocycles. The van der Waals surface area contributed by atoms with E-state index >= 15 is 0 Å². The van der Waals surface area contributed by atoms with Gasteiger partial charge in [-0.15, -0.1) is 0 Å². The van der Waals surface area contributed by atoms with Crippen molar-refractivity contribution < 1.29 is 28.6 Å². The first-order chi connectivity index (χ1) is 11.9. The normalized spacial score (nSPS) is 11.9. The Morgan fingerprint density at radius 2 is 1.96 bits per heavy atom. The van der Waals surface area contributed by atoms with Crippen LogP contribution in [0.5, 0.6) is 0 Å². The Balaban J connectivity index is 2.17. The second-order valence-electron chi connectivity index (χ2n) is 5.02. The van der Waals surface area contributed by atoms with Gasteiger partial charge in [-0.25, -0.2) is 14.3 Å². The maximum atomic E-state index is 14.0. The van der Waals surface area contributed by atoms with Crippen LogP contribution < -0.4 is 10.8 Å². The van der Waals surface area contributed by atoms with E-state index in [9.17, 15) is 13.6 Å². The first-order valence-corrected chi connectivity index (χ1v) is 8.21. The Kier molecular flexibility index (Phi) is 7.05. The van der Waals surface area contributed by atoms with Crippen LogP contribution in [0.25, 0.3) is 0 Å². The number of carbonyl (C=O) groups excluding carboxylic acids is 1. The quantitative estimate of drug-likeness (QED) is 0.373. The Hall–Kier alpha value is -1.82. The molecule has 2 aromatic carbocycles. The molecule has 1 atom stereocenters. The summed E-state index contributed by atoms with van der Waals surface area (Å²) in [5.74, 6) is -1.88. The third kappa shape index (κ3) is 5.59. The molecule has 0 aliphatic carbocycles. The molecule has 9 heteroatoms. The predicted molar refractivity (Wildman–Crippen MR) is 95.3 cm³/mol. The molecule has 0 fully saturated rings. The monoisotopic (exact) mass is 464 g/mol. The van der Waals surface area contributed by atoms with E-state index in [-0.39, 0.29) is 23.5 Å². The number of carbonyl (C=O) groups is 1. The summed E-state index contributed by atoms with van der Waals surface area (Å²) in [4.78, 5) is 16.9. The Morgan fingerprint density at radius 3 is 2.64 bits per heavy atom. The average molecular weight is 464 g/mol. The number of hydroxylamine groups is 1. The third-order valence-electron chi connectivity index (χ3n) is 3.08. The lowest BCUT2D eigenvalue weighted by molar-refractivity contribution is -0.0295. The van der Waals surface area contributed by atoms with Crippen LogP contribution in [0.3, 0.4) is 0 Å². The number of anilines is 2. The Morgan fingerprint density at radius 1 is 1.20 bits per heavy atom. The number of aliphatic hydroxyl groups is 2. The number of rotatable bonds is 7. The second kappa shape index (κ2) is 9.04. The number of hydrogen-bond acceptors (Lipinski definition) is 5. The highest BCUT2D eigenvalue weighted by Crippen LogP contribution is 2.25. The predicted octanol–water partition coefficient (Wildman–Crippen LogP) is 2.33. The van der Waals surface area contributed by atoms with Crippen molar-refractivity contribution >= 4 is 39.9 Å². The van der Waals surface area contributed by atoms with E-state index in [0.717, 1.165) is 12.1 Å². The van der Waals surface area contributed by atoms with Crippen molar-refractivity contribution in [2.24, 2.45) is 0 Å². The fraction of sp³-hybridized carbons (Fsp3) is 0.188. The van der Waals surface area contributed by atoms with E-state index in [1.165, 1.54) is 18.2 Å². The molecular weight excluding hydrogens is 449 g/mol. The van der Waals surface area contributed by atoms with Crippen molar-refractivity contribution in [1.82, 2.24) is 5.48 Å². The second-order valence-corrected chi connectivity index (χ2v) is 6.26. The molecule has 0 radical (unpaired) electrons. The van der Waals surface area contributed by atoms with Gasteiger partial charge in [-0.1, -0.05) is 0 Å². The third-order valence-corrected chi connectivity index (χ3v) is 3.75. The lowest BCUT2D eigenvalue weighted by Crippen LogP contribution is -2.30. The summed E-state index contributed by atoms with van der Waals surface area (Å²) in [5, 5.41) is 20.5. The summed E-state index contributed by atoms with van der Waals surface area (Å²) in [6.07, 6.45) is -1.15. The Bertz CT molecular complexity index is 761. The van der Waals surface area contributed by atoms with Crippen molar-refractivity contribution in [2.45, 2.75) is 6.10 Å². The standard InChI is InChI=1S/C16H15F2IN2O4/c17-9-1-3-12(16(24)21-25-8-11(23)7-22)15(5-9)20-14-4-2-10(19)6-13(14)18/h1-6,11,20,22-23H,7-8H2,(H,21,24). The number of hydrogen-bond donors (Lipinski definition) is 4. The van der Waals surface area contributed by atoms with Crippen LogP contribution in [0.4, 0.5) is 20.2 Å². The van der Waals surface area contributed by atoms with Gasteiger partial charge < -0.3 is 15.5 Å². The van der Waals surface area contributed by atoms with Crippen molar-refractivity contribution in [3.05, 3.63) is 57.2 Å². The SMILES string of the molecule is O=C(NOCC(O)CO)c1ccc(F)cc1Nc1ccc(I)cc1F. The minimum Gasteiger partial charge on any atom is -0.394 e. The molecule has 0 saturated carbocycles. The molecular formula is C16H15F2IN2O4. The molecule has 6 nitrogen and oxygen atoms in total. The molecule has 2 rings (SSSR count). The maximum absolute atomic E-state index is 14.0. The highest BCUT2D eigenvalue weighted by Gasteiger charge is 2.15. The molecule has 0 bridgehead atoms. The number of amides is 1. The zero-order valence-corrected chi connectivity index (χ0v) is 15.0. The van der Waals surface area contributed by atoms with Gasteiger partial charge in [0.25, 0.3) is 5.91 Å². The Labute approximate surface area is 155 Å². The highest BCUT2D eigenvalue weighted by atomic mass is 127. The van der Waals surface area contributed by atoms with E-state index in [1.807, 2.05) is 22.6 Å². The minimum atomic E-state index is -1.15. The molecule has 1 unspecified atom stereocenters. The smallest absolute Gasteiger partial charge is 0.276 e. The summed E-state index contributed by atoms with van der Waals surface area (Å²) >= 11 is 1.95. The van der Waals surface area contributed by atoms with Crippen LogP contribution >= 0.6 is 22.6 Å². The van der Waals surface area contributed by atoms with Gasteiger partial charge in [-0.2, -0.15) is 0 Å². The zero-order valence-electron chi connectivity index (χ0n) is 12.8. The topological polar surface area (TPSA) is 90.8 Å². The summed E-state index contributed by atoms with van der Waals surface area (Å²) < 4.78 is 28.2. The van der Waals surface area contributed by atoms with Gasteiger partial charge in [0.2, 0.25) is 0 Å². The summed E-state index contributed by atoms with van der Waals surface area (Å²) in [5.41, 5.74) is 2.20. The fourth-order valence-electron chi connectivity index (χ4n) is 1.86. The summed E-state index contributed by atoms with van der Waals surface area (Å²) in [6.45, 7) is -0.844.